The first-order valence-electron chi connectivity index (χ1n) is 6.21. The zero-order valence-corrected chi connectivity index (χ0v) is 12.5. The maximum atomic E-state index is 12.5. The Morgan fingerprint density at radius 1 is 0.895 bits per heavy atom. The first-order valence-corrected chi connectivity index (χ1v) is 7.62. The van der Waals surface area contributed by atoms with Crippen LogP contribution in [0.25, 0.3) is 0 Å². The van der Waals surface area contributed by atoms with Crippen molar-refractivity contribution in [2.75, 3.05) is 31.4 Å². The normalized spacial score (nSPS) is 11.9. The Kier molecular flexibility index (Phi) is 4.28. The molecule has 0 amide bonds. The minimum atomic E-state index is -1.91. The molecule has 0 aromatic heterocycles. The molecule has 0 fully saturated rings. The lowest BCUT2D eigenvalue weighted by Gasteiger charge is -2.12. The highest BCUT2D eigenvalue weighted by atomic mass is 31.1. The Hall–Kier alpha value is -1.73. The molecule has 4 heteroatoms. The van der Waals surface area contributed by atoms with Crippen LogP contribution in [0.5, 0.6) is 0 Å². The van der Waals surface area contributed by atoms with Crippen molar-refractivity contribution in [2.45, 2.75) is 0 Å². The highest BCUT2D eigenvalue weighted by Gasteiger charge is 2.07. The zero-order valence-electron chi connectivity index (χ0n) is 11.5. The van der Waals surface area contributed by atoms with Gasteiger partial charge in [0.25, 0.3) is 0 Å². The molecule has 0 aliphatic carbocycles. The molecule has 1 unspecified atom stereocenters. The minimum Gasteiger partial charge on any atom is -0.388 e. The van der Waals surface area contributed by atoms with Crippen molar-refractivity contribution in [3.8, 4) is 0 Å². The van der Waals surface area contributed by atoms with Crippen LogP contribution in [0.3, 0.4) is 0 Å². The molecule has 0 heterocycles. The van der Waals surface area contributed by atoms with Crippen LogP contribution in [0.2, 0.25) is 0 Å². The Morgan fingerprint density at radius 3 is 1.79 bits per heavy atom. The summed E-state index contributed by atoms with van der Waals surface area (Å²) in [5, 5.41) is 4.84. The smallest absolute Gasteiger partial charge is 0.131 e. The zero-order chi connectivity index (χ0) is 13.8. The maximum absolute atomic E-state index is 12.5. The van der Waals surface area contributed by atoms with Crippen molar-refractivity contribution >= 4 is 29.8 Å². The Balaban J connectivity index is 2.22. The van der Waals surface area contributed by atoms with Crippen LogP contribution in [0.4, 0.5) is 11.4 Å². The lowest BCUT2D eigenvalue weighted by atomic mass is 10.3. The Labute approximate surface area is 115 Å². The summed E-state index contributed by atoms with van der Waals surface area (Å²) in [5.41, 5.74) is 2.14. The summed E-state index contributed by atoms with van der Waals surface area (Å²) < 4.78 is 12.5. The van der Waals surface area contributed by atoms with Gasteiger partial charge in [-0.25, -0.2) is 0 Å². The third-order valence-electron chi connectivity index (χ3n) is 3.08. The van der Waals surface area contributed by atoms with Crippen molar-refractivity contribution in [1.82, 2.24) is 0 Å². The standard InChI is InChI=1S/C15H19N2OP/c1-16-12-4-8-14(9-5-12)19(18)15-10-6-13(7-11-15)17(2)3/h4-11,16,19H,1-3H3. The van der Waals surface area contributed by atoms with E-state index in [-0.39, 0.29) is 0 Å². The maximum Gasteiger partial charge on any atom is 0.131 e. The number of hydrogen-bond donors (Lipinski definition) is 1. The van der Waals surface area contributed by atoms with Crippen molar-refractivity contribution in [2.24, 2.45) is 0 Å². The fourth-order valence-electron chi connectivity index (χ4n) is 1.87. The Bertz CT molecular complexity index is 562. The summed E-state index contributed by atoms with van der Waals surface area (Å²) in [4.78, 5) is 2.03. The molecule has 0 aliphatic rings. The van der Waals surface area contributed by atoms with Gasteiger partial charge < -0.3 is 14.8 Å². The van der Waals surface area contributed by atoms with E-state index in [0.717, 1.165) is 22.0 Å². The summed E-state index contributed by atoms with van der Waals surface area (Å²) in [5.74, 6) is 0. The first kappa shape index (κ1) is 13.7. The van der Waals surface area contributed by atoms with Gasteiger partial charge in [-0.05, 0) is 48.5 Å². The van der Waals surface area contributed by atoms with Gasteiger partial charge in [-0.1, -0.05) is 0 Å². The van der Waals surface area contributed by atoms with Gasteiger partial charge in [0.15, 0.2) is 0 Å². The van der Waals surface area contributed by atoms with E-state index in [0.29, 0.717) is 0 Å². The molecule has 0 aliphatic heterocycles. The second-order valence-electron chi connectivity index (χ2n) is 4.60. The molecule has 3 nitrogen and oxygen atoms in total. The van der Waals surface area contributed by atoms with Gasteiger partial charge in [0, 0.05) is 43.1 Å². The summed E-state index contributed by atoms with van der Waals surface area (Å²) in [6.07, 6.45) is 0. The molecule has 2 aromatic carbocycles. The monoisotopic (exact) mass is 274 g/mol. The van der Waals surface area contributed by atoms with Gasteiger partial charge in [0.05, 0.1) is 0 Å². The first-order chi connectivity index (χ1) is 9.11. The van der Waals surface area contributed by atoms with Crippen LogP contribution in [-0.4, -0.2) is 21.1 Å². The number of benzene rings is 2. The number of nitrogens with zero attached hydrogens (tertiary/aromatic N) is 1. The molecular formula is C15H19N2OP. The summed E-state index contributed by atoms with van der Waals surface area (Å²) in [6, 6.07) is 15.6. The molecule has 0 spiro atoms. The van der Waals surface area contributed by atoms with E-state index in [9.17, 15) is 4.57 Å². The number of anilines is 2. The number of hydrogen-bond acceptors (Lipinski definition) is 3. The average molecular weight is 274 g/mol. The summed E-state index contributed by atoms with van der Waals surface area (Å²) in [7, 11) is 3.95. The van der Waals surface area contributed by atoms with Gasteiger partial charge in [-0.15, -0.1) is 0 Å². The van der Waals surface area contributed by atoms with E-state index >= 15 is 0 Å². The minimum absolute atomic E-state index is 0.890. The highest BCUT2D eigenvalue weighted by molar-refractivity contribution is 7.61. The largest absolute Gasteiger partial charge is 0.388 e. The molecule has 19 heavy (non-hydrogen) atoms. The predicted molar refractivity (Wildman–Crippen MR) is 85.0 cm³/mol. The van der Waals surface area contributed by atoms with Crippen molar-refractivity contribution in [3.05, 3.63) is 48.5 Å². The fraction of sp³-hybridized carbons (Fsp3) is 0.200. The molecule has 100 valence electrons. The predicted octanol–water partition coefficient (Wildman–Crippen LogP) is 2.30. The number of nitrogens with one attached hydrogen (secondary N) is 1. The van der Waals surface area contributed by atoms with E-state index in [2.05, 4.69) is 5.32 Å². The second kappa shape index (κ2) is 5.94. The lowest BCUT2D eigenvalue weighted by Crippen LogP contribution is -2.11. The van der Waals surface area contributed by atoms with Gasteiger partial charge in [0.1, 0.15) is 7.80 Å². The molecule has 2 rings (SSSR count). The van der Waals surface area contributed by atoms with Crippen molar-refractivity contribution in [3.63, 3.8) is 0 Å². The molecule has 0 saturated carbocycles. The molecule has 0 bridgehead atoms. The second-order valence-corrected chi connectivity index (χ2v) is 6.41. The molecule has 1 atom stereocenters. The van der Waals surface area contributed by atoms with Crippen LogP contribution in [0.15, 0.2) is 48.5 Å². The highest BCUT2D eigenvalue weighted by Crippen LogP contribution is 2.22. The van der Waals surface area contributed by atoms with E-state index in [1.807, 2.05) is 74.6 Å². The third-order valence-corrected chi connectivity index (χ3v) is 4.80. The van der Waals surface area contributed by atoms with Crippen molar-refractivity contribution < 1.29 is 4.57 Å². The number of rotatable bonds is 4. The SMILES string of the molecule is CNc1ccc([PH](=O)c2ccc(N(C)C)cc2)cc1. The molecule has 1 N–H and O–H groups in total. The molecular weight excluding hydrogens is 255 g/mol. The van der Waals surface area contributed by atoms with Gasteiger partial charge in [-0.3, -0.25) is 0 Å². The van der Waals surface area contributed by atoms with E-state index in [1.54, 1.807) is 0 Å². The van der Waals surface area contributed by atoms with E-state index in [1.165, 1.54) is 0 Å². The van der Waals surface area contributed by atoms with Crippen LogP contribution in [-0.2, 0) is 4.57 Å². The van der Waals surface area contributed by atoms with Crippen LogP contribution in [0.1, 0.15) is 0 Å². The van der Waals surface area contributed by atoms with Crippen molar-refractivity contribution in [1.29, 1.82) is 0 Å². The van der Waals surface area contributed by atoms with Crippen LogP contribution >= 0.6 is 7.80 Å². The van der Waals surface area contributed by atoms with Gasteiger partial charge in [0.2, 0.25) is 0 Å². The molecule has 0 radical (unpaired) electrons. The van der Waals surface area contributed by atoms with Gasteiger partial charge >= 0.3 is 0 Å². The summed E-state index contributed by atoms with van der Waals surface area (Å²) >= 11 is 0. The topological polar surface area (TPSA) is 32.3 Å². The fourth-order valence-corrected chi connectivity index (χ4v) is 3.14. The van der Waals surface area contributed by atoms with E-state index < -0.39 is 7.80 Å². The summed E-state index contributed by atoms with van der Waals surface area (Å²) in [6.45, 7) is 0. The van der Waals surface area contributed by atoms with Crippen LogP contribution < -0.4 is 20.8 Å². The molecule has 2 aromatic rings. The average Bonchev–Trinajstić information content (AvgIpc) is 2.46. The van der Waals surface area contributed by atoms with Gasteiger partial charge in [-0.2, -0.15) is 0 Å². The lowest BCUT2D eigenvalue weighted by molar-refractivity contribution is 0.598. The van der Waals surface area contributed by atoms with E-state index in [4.69, 9.17) is 0 Å². The quantitative estimate of drug-likeness (QED) is 0.868. The Morgan fingerprint density at radius 2 is 1.37 bits per heavy atom. The molecule has 0 saturated heterocycles. The van der Waals surface area contributed by atoms with Crippen LogP contribution in [0, 0.1) is 0 Å². The third kappa shape index (κ3) is 3.18.